The quantitative estimate of drug-likeness (QED) is 0.465. The van der Waals surface area contributed by atoms with Gasteiger partial charge in [0.2, 0.25) is 0 Å². The SMILES string of the molecule is COC(=O)C1=C(C(=O)OC)N(c2ccc(Cl)cc2)C(=O)C1=O. The molecule has 1 aromatic carbocycles. The number of amides is 1. The highest BCUT2D eigenvalue weighted by Crippen LogP contribution is 2.30. The zero-order chi connectivity index (χ0) is 16.4. The summed E-state index contributed by atoms with van der Waals surface area (Å²) in [6, 6.07) is 5.80. The second kappa shape index (κ2) is 5.98. The van der Waals surface area contributed by atoms with Crippen LogP contribution in [0.4, 0.5) is 5.69 Å². The maximum absolute atomic E-state index is 12.1. The van der Waals surface area contributed by atoms with Crippen molar-refractivity contribution in [2.24, 2.45) is 0 Å². The van der Waals surface area contributed by atoms with E-state index >= 15 is 0 Å². The standard InChI is InChI=1S/C14H10ClNO6/c1-21-13(19)9-10(14(20)22-2)16(12(18)11(9)17)8-5-3-7(15)4-6-8/h3-6H,1-2H3. The van der Waals surface area contributed by atoms with Crippen molar-refractivity contribution in [3.8, 4) is 0 Å². The summed E-state index contributed by atoms with van der Waals surface area (Å²) in [6.45, 7) is 0. The van der Waals surface area contributed by atoms with E-state index in [1.807, 2.05) is 0 Å². The molecule has 1 aliphatic heterocycles. The predicted molar refractivity (Wildman–Crippen MR) is 75.0 cm³/mol. The van der Waals surface area contributed by atoms with Crippen LogP contribution in [0.5, 0.6) is 0 Å². The van der Waals surface area contributed by atoms with Gasteiger partial charge in [0, 0.05) is 10.7 Å². The Kier molecular flexibility index (Phi) is 4.27. The van der Waals surface area contributed by atoms with Crippen molar-refractivity contribution in [3.05, 3.63) is 40.6 Å². The largest absolute Gasteiger partial charge is 0.465 e. The molecule has 0 aromatic heterocycles. The molecule has 0 radical (unpaired) electrons. The first kappa shape index (κ1) is 15.7. The van der Waals surface area contributed by atoms with Crippen molar-refractivity contribution >= 4 is 40.9 Å². The van der Waals surface area contributed by atoms with Gasteiger partial charge in [0.25, 0.3) is 5.78 Å². The third-order valence-corrected chi connectivity index (χ3v) is 3.19. The van der Waals surface area contributed by atoms with Gasteiger partial charge in [-0.05, 0) is 24.3 Å². The summed E-state index contributed by atoms with van der Waals surface area (Å²) in [5.41, 5.74) is -0.942. The smallest absolute Gasteiger partial charge is 0.356 e. The van der Waals surface area contributed by atoms with Gasteiger partial charge >= 0.3 is 17.8 Å². The lowest BCUT2D eigenvalue weighted by molar-refractivity contribution is -0.141. The fourth-order valence-electron chi connectivity index (χ4n) is 1.95. The lowest BCUT2D eigenvalue weighted by Gasteiger charge is -2.18. The van der Waals surface area contributed by atoms with Gasteiger partial charge in [-0.15, -0.1) is 0 Å². The van der Waals surface area contributed by atoms with E-state index in [4.69, 9.17) is 11.6 Å². The Morgan fingerprint density at radius 1 is 1.00 bits per heavy atom. The Morgan fingerprint density at radius 3 is 2.05 bits per heavy atom. The maximum atomic E-state index is 12.1. The van der Waals surface area contributed by atoms with E-state index in [-0.39, 0.29) is 5.69 Å². The van der Waals surface area contributed by atoms with Gasteiger partial charge < -0.3 is 9.47 Å². The maximum Gasteiger partial charge on any atom is 0.356 e. The molecule has 0 saturated carbocycles. The molecule has 0 atom stereocenters. The molecule has 0 spiro atoms. The lowest BCUT2D eigenvalue weighted by atomic mass is 10.1. The van der Waals surface area contributed by atoms with Crippen LogP contribution in [0.3, 0.4) is 0 Å². The van der Waals surface area contributed by atoms with Crippen molar-refractivity contribution in [3.63, 3.8) is 0 Å². The molecule has 2 rings (SSSR count). The van der Waals surface area contributed by atoms with Gasteiger partial charge in [0.05, 0.1) is 14.2 Å². The van der Waals surface area contributed by atoms with Crippen molar-refractivity contribution in [1.82, 2.24) is 0 Å². The molecule has 0 bridgehead atoms. The fourth-order valence-corrected chi connectivity index (χ4v) is 2.07. The van der Waals surface area contributed by atoms with Crippen LogP contribution in [-0.4, -0.2) is 37.8 Å². The molecule has 0 unspecified atom stereocenters. The number of carbonyl (C=O) groups excluding carboxylic acids is 4. The number of esters is 2. The number of hydrogen-bond donors (Lipinski definition) is 0. The van der Waals surface area contributed by atoms with Gasteiger partial charge in [0.15, 0.2) is 5.70 Å². The summed E-state index contributed by atoms with van der Waals surface area (Å²) in [5.74, 6) is -4.28. The van der Waals surface area contributed by atoms with Gasteiger partial charge in [-0.2, -0.15) is 0 Å². The Morgan fingerprint density at radius 2 is 1.55 bits per heavy atom. The number of hydrogen-bond acceptors (Lipinski definition) is 6. The molecule has 0 N–H and O–H groups in total. The van der Waals surface area contributed by atoms with E-state index in [1.165, 1.54) is 24.3 Å². The zero-order valence-electron chi connectivity index (χ0n) is 11.6. The monoisotopic (exact) mass is 323 g/mol. The topological polar surface area (TPSA) is 90.0 Å². The molecule has 1 aromatic rings. The van der Waals surface area contributed by atoms with Gasteiger partial charge in [-0.1, -0.05) is 11.6 Å². The second-order valence-corrected chi connectivity index (χ2v) is 4.59. The van der Waals surface area contributed by atoms with Crippen molar-refractivity contribution < 1.29 is 28.7 Å². The number of ketones is 1. The van der Waals surface area contributed by atoms with Crippen LogP contribution in [0.2, 0.25) is 5.02 Å². The number of carbonyl (C=O) groups is 4. The first-order valence-electron chi connectivity index (χ1n) is 5.97. The van der Waals surface area contributed by atoms with E-state index in [9.17, 15) is 19.2 Å². The van der Waals surface area contributed by atoms with E-state index < -0.39 is 34.9 Å². The number of methoxy groups -OCH3 is 2. The summed E-state index contributed by atoms with van der Waals surface area (Å²) < 4.78 is 9.01. The lowest BCUT2D eigenvalue weighted by Crippen LogP contribution is -2.31. The molecular weight excluding hydrogens is 314 g/mol. The Bertz CT molecular complexity index is 707. The number of Topliss-reactive ketones (excluding diaryl/α,β-unsaturated/α-hetero) is 1. The number of anilines is 1. The number of benzene rings is 1. The molecule has 0 fully saturated rings. The first-order valence-corrected chi connectivity index (χ1v) is 6.35. The molecule has 114 valence electrons. The van der Waals surface area contributed by atoms with Gasteiger partial charge in [-0.25, -0.2) is 9.59 Å². The second-order valence-electron chi connectivity index (χ2n) is 4.15. The first-order chi connectivity index (χ1) is 10.4. The third-order valence-electron chi connectivity index (χ3n) is 2.94. The average Bonchev–Trinajstić information content (AvgIpc) is 2.79. The summed E-state index contributed by atoms with van der Waals surface area (Å²) in [7, 11) is 2.10. The highest BCUT2D eigenvalue weighted by atomic mass is 35.5. The average molecular weight is 324 g/mol. The summed E-state index contributed by atoms with van der Waals surface area (Å²) in [5, 5.41) is 0.401. The molecular formula is C14H10ClNO6. The van der Waals surface area contributed by atoms with Crippen LogP contribution in [-0.2, 0) is 28.7 Å². The Labute approximate surface area is 130 Å². The van der Waals surface area contributed by atoms with Crippen molar-refractivity contribution in [1.29, 1.82) is 0 Å². The van der Waals surface area contributed by atoms with E-state index in [0.29, 0.717) is 5.02 Å². The molecule has 1 aliphatic rings. The molecule has 7 nitrogen and oxygen atoms in total. The molecule has 0 saturated heterocycles. The number of ether oxygens (including phenoxy) is 2. The molecule has 0 aliphatic carbocycles. The van der Waals surface area contributed by atoms with Crippen LogP contribution in [0, 0.1) is 0 Å². The number of rotatable bonds is 3. The van der Waals surface area contributed by atoms with Gasteiger partial charge in [-0.3, -0.25) is 14.5 Å². The molecule has 8 heteroatoms. The summed E-state index contributed by atoms with van der Waals surface area (Å²) in [4.78, 5) is 48.6. The Hall–Kier alpha value is -2.67. The highest BCUT2D eigenvalue weighted by molar-refractivity contribution is 6.57. The third kappa shape index (κ3) is 2.46. The minimum absolute atomic E-state index is 0.196. The summed E-state index contributed by atoms with van der Waals surface area (Å²) in [6.07, 6.45) is 0. The van der Waals surface area contributed by atoms with Crippen LogP contribution >= 0.6 is 11.6 Å². The Balaban J connectivity index is 2.65. The molecule has 22 heavy (non-hydrogen) atoms. The van der Waals surface area contributed by atoms with Crippen LogP contribution in [0.25, 0.3) is 0 Å². The van der Waals surface area contributed by atoms with E-state index in [0.717, 1.165) is 19.1 Å². The molecule has 1 heterocycles. The zero-order valence-corrected chi connectivity index (χ0v) is 12.3. The van der Waals surface area contributed by atoms with E-state index in [2.05, 4.69) is 9.47 Å². The summed E-state index contributed by atoms with van der Waals surface area (Å²) >= 11 is 5.76. The minimum Gasteiger partial charge on any atom is -0.465 e. The van der Waals surface area contributed by atoms with Crippen LogP contribution in [0.15, 0.2) is 35.5 Å². The predicted octanol–water partition coefficient (Wildman–Crippen LogP) is 0.856. The van der Waals surface area contributed by atoms with Gasteiger partial charge in [0.1, 0.15) is 5.57 Å². The van der Waals surface area contributed by atoms with E-state index in [1.54, 1.807) is 0 Å². The van der Waals surface area contributed by atoms with Crippen LogP contribution < -0.4 is 4.90 Å². The normalized spacial score (nSPS) is 14.4. The fraction of sp³-hybridized carbons (Fsp3) is 0.143. The number of halogens is 1. The van der Waals surface area contributed by atoms with Crippen molar-refractivity contribution in [2.45, 2.75) is 0 Å². The molecule has 1 amide bonds. The van der Waals surface area contributed by atoms with Crippen molar-refractivity contribution in [2.75, 3.05) is 19.1 Å². The number of nitrogens with zero attached hydrogens (tertiary/aromatic N) is 1. The minimum atomic E-state index is -1.14. The highest BCUT2D eigenvalue weighted by Gasteiger charge is 2.46. The van der Waals surface area contributed by atoms with Crippen LogP contribution in [0.1, 0.15) is 0 Å².